The van der Waals surface area contributed by atoms with Gasteiger partial charge in [0.15, 0.2) is 0 Å². The number of anilines is 1. The maximum atomic E-state index is 12.6. The molecule has 0 fully saturated rings. The summed E-state index contributed by atoms with van der Waals surface area (Å²) in [5.74, 6) is -0.328. The Kier molecular flexibility index (Phi) is 6.42. The number of rotatable bonds is 7. The van der Waals surface area contributed by atoms with Crippen molar-refractivity contribution in [3.05, 3.63) is 65.2 Å². The molecule has 0 heterocycles. The molecule has 0 aliphatic carbocycles. The lowest BCUT2D eigenvalue weighted by Gasteiger charge is -2.24. The van der Waals surface area contributed by atoms with Gasteiger partial charge in [-0.15, -0.1) is 0 Å². The van der Waals surface area contributed by atoms with Gasteiger partial charge in [-0.05, 0) is 43.5 Å². The molecule has 0 unspecified atom stereocenters. The lowest BCUT2D eigenvalue weighted by Crippen LogP contribution is -2.41. The topological polar surface area (TPSA) is 66.5 Å². The second-order valence-corrected chi connectivity index (χ2v) is 8.40. The molecule has 0 saturated carbocycles. The summed E-state index contributed by atoms with van der Waals surface area (Å²) in [5, 5.41) is 2.97. The summed E-state index contributed by atoms with van der Waals surface area (Å²) in [7, 11) is -3.56. The van der Waals surface area contributed by atoms with E-state index >= 15 is 0 Å². The SMILES string of the molecule is CC[C@@H](NC(=O)CN(c1ccccc1)S(C)(=O)=O)c1ccc(C)cc1C. The van der Waals surface area contributed by atoms with Crippen molar-refractivity contribution in [2.24, 2.45) is 0 Å². The van der Waals surface area contributed by atoms with E-state index in [1.54, 1.807) is 30.3 Å². The zero-order valence-electron chi connectivity index (χ0n) is 15.7. The van der Waals surface area contributed by atoms with Crippen molar-refractivity contribution in [2.75, 3.05) is 17.1 Å². The van der Waals surface area contributed by atoms with Crippen molar-refractivity contribution in [3.8, 4) is 0 Å². The predicted molar refractivity (Wildman–Crippen MR) is 106 cm³/mol. The minimum atomic E-state index is -3.56. The molecule has 6 heteroatoms. The minimum Gasteiger partial charge on any atom is -0.348 e. The maximum absolute atomic E-state index is 12.6. The Labute approximate surface area is 156 Å². The van der Waals surface area contributed by atoms with E-state index in [4.69, 9.17) is 0 Å². The Morgan fingerprint density at radius 3 is 2.31 bits per heavy atom. The maximum Gasteiger partial charge on any atom is 0.241 e. The first kappa shape index (κ1) is 20.0. The van der Waals surface area contributed by atoms with E-state index < -0.39 is 10.0 Å². The first-order valence-corrected chi connectivity index (χ1v) is 10.5. The van der Waals surface area contributed by atoms with Gasteiger partial charge in [0.25, 0.3) is 0 Å². The molecule has 2 rings (SSSR count). The Morgan fingerprint density at radius 2 is 1.77 bits per heavy atom. The minimum absolute atomic E-state index is 0.153. The van der Waals surface area contributed by atoms with E-state index in [9.17, 15) is 13.2 Å². The zero-order valence-corrected chi connectivity index (χ0v) is 16.5. The van der Waals surface area contributed by atoms with Crippen molar-refractivity contribution in [1.29, 1.82) is 0 Å². The van der Waals surface area contributed by atoms with E-state index in [2.05, 4.69) is 11.4 Å². The average Bonchev–Trinajstić information content (AvgIpc) is 2.58. The lowest BCUT2D eigenvalue weighted by atomic mass is 9.97. The Hall–Kier alpha value is -2.34. The van der Waals surface area contributed by atoms with Crippen LogP contribution in [0.1, 0.15) is 36.1 Å². The van der Waals surface area contributed by atoms with Gasteiger partial charge in [0.05, 0.1) is 18.0 Å². The third kappa shape index (κ3) is 5.08. The fourth-order valence-electron chi connectivity index (χ4n) is 2.98. The number of sulfonamides is 1. The third-order valence-electron chi connectivity index (χ3n) is 4.28. The van der Waals surface area contributed by atoms with Gasteiger partial charge >= 0.3 is 0 Å². The van der Waals surface area contributed by atoms with Crippen LogP contribution < -0.4 is 9.62 Å². The Balaban J connectivity index is 2.19. The number of carbonyl (C=O) groups excluding carboxylic acids is 1. The highest BCUT2D eigenvalue weighted by atomic mass is 32.2. The molecule has 0 spiro atoms. The van der Waals surface area contributed by atoms with Crippen LogP contribution in [0.25, 0.3) is 0 Å². The van der Waals surface area contributed by atoms with Crippen LogP contribution in [-0.4, -0.2) is 27.1 Å². The van der Waals surface area contributed by atoms with Crippen LogP contribution in [0.3, 0.4) is 0 Å². The Morgan fingerprint density at radius 1 is 1.12 bits per heavy atom. The number of nitrogens with one attached hydrogen (secondary N) is 1. The van der Waals surface area contributed by atoms with Crippen molar-refractivity contribution in [1.82, 2.24) is 5.32 Å². The lowest BCUT2D eigenvalue weighted by molar-refractivity contribution is -0.120. The molecule has 5 nitrogen and oxygen atoms in total. The van der Waals surface area contributed by atoms with Gasteiger partial charge in [0.2, 0.25) is 15.9 Å². The second-order valence-electron chi connectivity index (χ2n) is 6.49. The molecule has 1 N–H and O–H groups in total. The predicted octanol–water partition coefficient (Wildman–Crippen LogP) is 3.34. The van der Waals surface area contributed by atoms with Crippen LogP contribution in [0.15, 0.2) is 48.5 Å². The van der Waals surface area contributed by atoms with Crippen LogP contribution >= 0.6 is 0 Å². The molecule has 0 saturated heterocycles. The number of hydrogen-bond donors (Lipinski definition) is 1. The highest BCUT2D eigenvalue weighted by Crippen LogP contribution is 2.22. The summed E-state index contributed by atoms with van der Waals surface area (Å²) >= 11 is 0. The zero-order chi connectivity index (χ0) is 19.3. The second kappa shape index (κ2) is 8.36. The van der Waals surface area contributed by atoms with E-state index in [1.165, 1.54) is 5.56 Å². The summed E-state index contributed by atoms with van der Waals surface area (Å²) in [4.78, 5) is 12.6. The number of hydrogen-bond acceptors (Lipinski definition) is 3. The number of para-hydroxylation sites is 1. The van der Waals surface area contributed by atoms with Crippen LogP contribution in [-0.2, 0) is 14.8 Å². The van der Waals surface area contributed by atoms with Gasteiger partial charge in [-0.3, -0.25) is 9.10 Å². The smallest absolute Gasteiger partial charge is 0.241 e. The molecule has 0 radical (unpaired) electrons. The van der Waals surface area contributed by atoms with Crippen molar-refractivity contribution < 1.29 is 13.2 Å². The van der Waals surface area contributed by atoms with Gasteiger partial charge in [0.1, 0.15) is 6.54 Å². The molecule has 0 aliphatic heterocycles. The van der Waals surface area contributed by atoms with Crippen LogP contribution in [0, 0.1) is 13.8 Å². The van der Waals surface area contributed by atoms with E-state index in [0.717, 1.165) is 28.1 Å². The normalized spacial score (nSPS) is 12.5. The molecule has 2 aromatic rings. The summed E-state index contributed by atoms with van der Waals surface area (Å²) in [6.45, 7) is 5.80. The van der Waals surface area contributed by atoms with Gasteiger partial charge in [-0.25, -0.2) is 8.42 Å². The standard InChI is InChI=1S/C20H26N2O3S/c1-5-19(18-12-11-15(2)13-16(18)3)21-20(23)14-22(26(4,24)25)17-9-7-6-8-10-17/h6-13,19H,5,14H2,1-4H3,(H,21,23)/t19-/m1/s1. The van der Waals surface area contributed by atoms with Gasteiger partial charge in [0, 0.05) is 0 Å². The molecule has 0 aromatic heterocycles. The first-order valence-electron chi connectivity index (χ1n) is 8.61. The van der Waals surface area contributed by atoms with Gasteiger partial charge < -0.3 is 5.32 Å². The van der Waals surface area contributed by atoms with E-state index in [-0.39, 0.29) is 18.5 Å². The summed E-state index contributed by atoms with van der Waals surface area (Å²) in [5.41, 5.74) is 3.81. The van der Waals surface area contributed by atoms with E-state index in [0.29, 0.717) is 5.69 Å². The van der Waals surface area contributed by atoms with Crippen LogP contribution in [0.2, 0.25) is 0 Å². The quantitative estimate of drug-likeness (QED) is 0.808. The summed E-state index contributed by atoms with van der Waals surface area (Å²) < 4.78 is 25.4. The summed E-state index contributed by atoms with van der Waals surface area (Å²) in [6, 6.07) is 14.6. The van der Waals surface area contributed by atoms with E-state index in [1.807, 2.05) is 32.9 Å². The molecule has 2 aromatic carbocycles. The monoisotopic (exact) mass is 374 g/mol. The number of nitrogens with zero attached hydrogens (tertiary/aromatic N) is 1. The van der Waals surface area contributed by atoms with Crippen LogP contribution in [0.4, 0.5) is 5.69 Å². The Bertz CT molecular complexity index is 864. The molecular formula is C20H26N2O3S. The number of carbonyl (C=O) groups is 1. The highest BCUT2D eigenvalue weighted by Gasteiger charge is 2.22. The van der Waals surface area contributed by atoms with Crippen molar-refractivity contribution in [3.63, 3.8) is 0 Å². The van der Waals surface area contributed by atoms with Crippen molar-refractivity contribution >= 4 is 21.6 Å². The number of benzene rings is 2. The number of aryl methyl sites for hydroxylation is 2. The first-order chi connectivity index (χ1) is 12.2. The number of amides is 1. The average molecular weight is 375 g/mol. The molecule has 0 bridgehead atoms. The molecular weight excluding hydrogens is 348 g/mol. The molecule has 140 valence electrons. The summed E-state index contributed by atoms with van der Waals surface area (Å²) in [6.07, 6.45) is 1.83. The molecule has 0 aliphatic rings. The largest absolute Gasteiger partial charge is 0.348 e. The fourth-order valence-corrected chi connectivity index (χ4v) is 3.84. The highest BCUT2D eigenvalue weighted by molar-refractivity contribution is 7.92. The molecule has 1 amide bonds. The van der Waals surface area contributed by atoms with Gasteiger partial charge in [-0.1, -0.05) is 48.9 Å². The third-order valence-corrected chi connectivity index (χ3v) is 5.42. The van der Waals surface area contributed by atoms with Crippen LogP contribution in [0.5, 0.6) is 0 Å². The molecule has 1 atom stereocenters. The molecule has 26 heavy (non-hydrogen) atoms. The van der Waals surface area contributed by atoms with Gasteiger partial charge in [-0.2, -0.15) is 0 Å². The fraction of sp³-hybridized carbons (Fsp3) is 0.350. The van der Waals surface area contributed by atoms with Crippen molar-refractivity contribution in [2.45, 2.75) is 33.2 Å².